The van der Waals surface area contributed by atoms with Gasteiger partial charge in [0.25, 0.3) is 0 Å². The summed E-state index contributed by atoms with van der Waals surface area (Å²) in [5.41, 5.74) is 1.19. The highest BCUT2D eigenvalue weighted by atomic mass is 19.1. The van der Waals surface area contributed by atoms with Crippen molar-refractivity contribution in [2.75, 3.05) is 11.9 Å². The van der Waals surface area contributed by atoms with Gasteiger partial charge in [0.15, 0.2) is 11.6 Å². The van der Waals surface area contributed by atoms with E-state index in [0.29, 0.717) is 29.5 Å². The average Bonchev–Trinajstić information content (AvgIpc) is 3.30. The topological polar surface area (TPSA) is 92.0 Å². The van der Waals surface area contributed by atoms with Crippen LogP contribution in [-0.2, 0) is 0 Å². The maximum absolute atomic E-state index is 15.3. The molecule has 5 atom stereocenters. The predicted molar refractivity (Wildman–Crippen MR) is 119 cm³/mol. The highest BCUT2D eigenvalue weighted by Gasteiger charge is 2.49. The minimum absolute atomic E-state index is 0.0520. The molecule has 3 aromatic rings. The van der Waals surface area contributed by atoms with Crippen LogP contribution in [0.2, 0.25) is 0 Å². The maximum atomic E-state index is 15.3. The van der Waals surface area contributed by atoms with Gasteiger partial charge in [0.2, 0.25) is 0 Å². The molecule has 0 radical (unpaired) electrons. The number of rotatable bonds is 4. The van der Waals surface area contributed by atoms with Crippen LogP contribution in [0.15, 0.2) is 43.1 Å². The number of anilines is 1. The maximum Gasteiger partial charge on any atom is 0.185 e. The van der Waals surface area contributed by atoms with Crippen molar-refractivity contribution < 1.29 is 9.50 Å². The van der Waals surface area contributed by atoms with E-state index in [9.17, 15) is 5.11 Å². The molecular weight excluding hydrogens is 409 g/mol. The van der Waals surface area contributed by atoms with Crippen molar-refractivity contribution in [2.45, 2.75) is 56.9 Å². The van der Waals surface area contributed by atoms with Crippen molar-refractivity contribution in [2.24, 2.45) is 5.92 Å². The van der Waals surface area contributed by atoms with Crippen molar-refractivity contribution >= 4 is 5.82 Å². The molecule has 32 heavy (non-hydrogen) atoms. The van der Waals surface area contributed by atoms with Gasteiger partial charge in [0.05, 0.1) is 29.8 Å². The number of nitrogens with one attached hydrogen (secondary N) is 1. The number of benzene rings is 1. The second-order valence-electron chi connectivity index (χ2n) is 9.49. The van der Waals surface area contributed by atoms with E-state index < -0.39 is 6.17 Å². The Balaban J connectivity index is 1.36. The molecule has 168 valence electrons. The molecular formula is C23H28FN7O. The number of imidazole rings is 1. The quantitative estimate of drug-likeness (QED) is 0.648. The lowest BCUT2D eigenvalue weighted by atomic mass is 9.70. The van der Waals surface area contributed by atoms with Gasteiger partial charge in [-0.3, -0.25) is 0 Å². The van der Waals surface area contributed by atoms with Gasteiger partial charge in [-0.1, -0.05) is 6.92 Å². The van der Waals surface area contributed by atoms with Gasteiger partial charge in [-0.05, 0) is 44.2 Å². The Morgan fingerprint density at radius 1 is 1.28 bits per heavy atom. The molecule has 1 unspecified atom stereocenters. The number of aromatic hydroxyl groups is 1. The van der Waals surface area contributed by atoms with Crippen molar-refractivity contribution in [3.8, 4) is 22.8 Å². The van der Waals surface area contributed by atoms with Crippen LogP contribution in [0.5, 0.6) is 5.75 Å². The fourth-order valence-electron chi connectivity index (χ4n) is 5.40. The van der Waals surface area contributed by atoms with E-state index in [2.05, 4.69) is 39.3 Å². The third kappa shape index (κ3) is 3.70. The smallest absolute Gasteiger partial charge is 0.185 e. The Labute approximate surface area is 186 Å². The summed E-state index contributed by atoms with van der Waals surface area (Å²) in [6.07, 6.45) is 8.32. The fraction of sp³-hybridized carbons (Fsp3) is 0.478. The van der Waals surface area contributed by atoms with E-state index in [1.165, 1.54) is 0 Å². The molecule has 8 nitrogen and oxygen atoms in total. The first-order chi connectivity index (χ1) is 15.3. The van der Waals surface area contributed by atoms with Crippen LogP contribution >= 0.6 is 0 Å². The summed E-state index contributed by atoms with van der Waals surface area (Å²) in [4.78, 5) is 10.3. The number of halogens is 1. The lowest BCUT2D eigenvalue weighted by Gasteiger charge is -2.53. The third-order valence-corrected chi connectivity index (χ3v) is 6.83. The van der Waals surface area contributed by atoms with Crippen LogP contribution < -0.4 is 10.2 Å². The number of hydrogen-bond acceptors (Lipinski definition) is 7. The molecule has 0 amide bonds. The molecule has 2 saturated heterocycles. The molecule has 0 saturated carbocycles. The molecule has 5 rings (SSSR count). The zero-order chi connectivity index (χ0) is 22.5. The molecule has 0 aliphatic carbocycles. The number of fused-ring (bicyclic) bond motifs is 2. The first kappa shape index (κ1) is 20.8. The predicted octanol–water partition coefficient (Wildman–Crippen LogP) is 3.12. The van der Waals surface area contributed by atoms with Crippen molar-refractivity contribution in [3.05, 3.63) is 43.1 Å². The monoisotopic (exact) mass is 437 g/mol. The van der Waals surface area contributed by atoms with Crippen LogP contribution in [0.4, 0.5) is 10.2 Å². The van der Waals surface area contributed by atoms with Gasteiger partial charge >= 0.3 is 0 Å². The Morgan fingerprint density at radius 3 is 2.81 bits per heavy atom. The van der Waals surface area contributed by atoms with Crippen LogP contribution in [-0.4, -0.2) is 60.7 Å². The number of alkyl halides is 1. The molecule has 2 N–H and O–H groups in total. The molecule has 2 aliphatic rings. The number of aromatic nitrogens is 5. The van der Waals surface area contributed by atoms with E-state index in [1.54, 1.807) is 41.6 Å². The lowest BCUT2D eigenvalue weighted by molar-refractivity contribution is 0.0390. The fourth-order valence-corrected chi connectivity index (χ4v) is 5.40. The van der Waals surface area contributed by atoms with Crippen LogP contribution in [0, 0.1) is 5.92 Å². The lowest BCUT2D eigenvalue weighted by Crippen LogP contribution is -2.67. The second kappa shape index (κ2) is 7.81. The standard InChI is InChI=1S/C23H28FN7O/c1-14-8-17-21(24)18(11-23(2,10-14)27-17)30(3)20-12-26-22(29-28-20)16-5-4-15(9-19(16)32)31-7-6-25-13-31/h4-7,9,12-14,17-18,21,27,32H,8,10-11H2,1-3H3/t14?,17-,18+,21+,23+/m1/s1. The average molecular weight is 438 g/mol. The van der Waals surface area contributed by atoms with Gasteiger partial charge in [-0.2, -0.15) is 0 Å². The van der Waals surface area contributed by atoms with E-state index >= 15 is 4.39 Å². The number of piperidine rings is 2. The van der Waals surface area contributed by atoms with Gasteiger partial charge in [0.1, 0.15) is 11.9 Å². The zero-order valence-electron chi connectivity index (χ0n) is 18.5. The molecule has 1 aromatic carbocycles. The summed E-state index contributed by atoms with van der Waals surface area (Å²) in [7, 11) is 1.85. The van der Waals surface area contributed by atoms with Crippen molar-refractivity contribution in [1.82, 2.24) is 30.0 Å². The van der Waals surface area contributed by atoms with Crippen LogP contribution in [0.25, 0.3) is 17.1 Å². The normalized spacial score (nSPS) is 29.6. The number of nitrogens with zero attached hydrogens (tertiary/aromatic N) is 6. The number of hydrogen-bond donors (Lipinski definition) is 2. The second-order valence-corrected chi connectivity index (χ2v) is 9.49. The van der Waals surface area contributed by atoms with Crippen molar-refractivity contribution in [1.29, 1.82) is 0 Å². The molecule has 2 aromatic heterocycles. The van der Waals surface area contributed by atoms with Gasteiger partial charge in [-0.15, -0.1) is 10.2 Å². The minimum Gasteiger partial charge on any atom is -0.507 e. The molecule has 2 aliphatic heterocycles. The van der Waals surface area contributed by atoms with Gasteiger partial charge in [-0.25, -0.2) is 14.4 Å². The van der Waals surface area contributed by atoms with Crippen LogP contribution in [0.3, 0.4) is 0 Å². The molecule has 0 spiro atoms. The number of phenols is 1. The molecule has 2 fully saturated rings. The minimum atomic E-state index is -0.989. The molecule has 4 heterocycles. The highest BCUT2D eigenvalue weighted by Crippen LogP contribution is 2.40. The van der Waals surface area contributed by atoms with E-state index in [-0.39, 0.29) is 23.4 Å². The Hall–Kier alpha value is -3.07. The van der Waals surface area contributed by atoms with Gasteiger partial charge < -0.3 is 19.9 Å². The summed E-state index contributed by atoms with van der Waals surface area (Å²) in [6.45, 7) is 4.39. The first-order valence-corrected chi connectivity index (χ1v) is 11.0. The summed E-state index contributed by atoms with van der Waals surface area (Å²) < 4.78 is 17.1. The summed E-state index contributed by atoms with van der Waals surface area (Å²) in [5.74, 6) is 1.41. The molecule has 9 heteroatoms. The highest BCUT2D eigenvalue weighted by molar-refractivity contribution is 5.66. The Kier molecular flexibility index (Phi) is 5.08. The zero-order valence-corrected chi connectivity index (χ0v) is 18.5. The first-order valence-electron chi connectivity index (χ1n) is 11.0. The van der Waals surface area contributed by atoms with E-state index in [0.717, 1.165) is 18.5 Å². The summed E-state index contributed by atoms with van der Waals surface area (Å²) >= 11 is 0. The summed E-state index contributed by atoms with van der Waals surface area (Å²) in [6, 6.07) is 4.80. The van der Waals surface area contributed by atoms with Crippen molar-refractivity contribution in [3.63, 3.8) is 0 Å². The third-order valence-electron chi connectivity index (χ3n) is 6.83. The van der Waals surface area contributed by atoms with Crippen LogP contribution in [0.1, 0.15) is 33.1 Å². The van der Waals surface area contributed by atoms with Gasteiger partial charge in [0, 0.05) is 37.1 Å². The Bertz CT molecular complexity index is 1090. The SMILES string of the molecule is CC1C[C@H]2N[C@@](C)(C1)C[C@H](N(C)c1cnc(-c3ccc(-n4ccnc4)cc3O)nn1)[C@H]2F. The number of phenolic OH excluding ortho intramolecular Hbond substituents is 1. The summed E-state index contributed by atoms with van der Waals surface area (Å²) in [5, 5.41) is 22.5. The molecule has 2 bridgehead atoms. The van der Waals surface area contributed by atoms with E-state index in [4.69, 9.17) is 0 Å². The van der Waals surface area contributed by atoms with E-state index in [1.807, 2.05) is 18.0 Å². The largest absolute Gasteiger partial charge is 0.507 e. The Morgan fingerprint density at radius 2 is 2.12 bits per heavy atom.